The Morgan fingerprint density at radius 3 is 2.42 bits per heavy atom. The van der Waals surface area contributed by atoms with Gasteiger partial charge in [0.1, 0.15) is 5.75 Å². The van der Waals surface area contributed by atoms with Crippen LogP contribution in [0.15, 0.2) is 72.8 Å². The first-order valence-corrected chi connectivity index (χ1v) is 15.0. The van der Waals surface area contributed by atoms with Crippen LogP contribution in [-0.4, -0.2) is 40.9 Å². The Labute approximate surface area is 260 Å². The second-order valence-corrected chi connectivity index (χ2v) is 11.4. The molecule has 1 heterocycles. The van der Waals surface area contributed by atoms with Crippen LogP contribution in [0, 0.1) is 0 Å². The molecule has 0 saturated carbocycles. The molecule has 1 aromatic heterocycles. The smallest absolute Gasteiger partial charge is 0.481 e. The summed E-state index contributed by atoms with van der Waals surface area (Å²) in [6, 6.07) is 17.5. The number of benzene rings is 3. The Morgan fingerprint density at radius 1 is 1.00 bits per heavy atom. The van der Waals surface area contributed by atoms with Gasteiger partial charge in [0.25, 0.3) is 5.91 Å². The van der Waals surface area contributed by atoms with Crippen molar-refractivity contribution in [2.45, 2.75) is 45.0 Å². The van der Waals surface area contributed by atoms with Crippen molar-refractivity contribution in [1.29, 1.82) is 0 Å². The van der Waals surface area contributed by atoms with Gasteiger partial charge in [0.2, 0.25) is 0 Å². The van der Waals surface area contributed by atoms with E-state index in [0.29, 0.717) is 21.5 Å². The molecule has 3 amide bonds. The van der Waals surface area contributed by atoms with Gasteiger partial charge in [0, 0.05) is 23.9 Å². The van der Waals surface area contributed by atoms with Crippen LogP contribution < -0.4 is 20.3 Å². The zero-order valence-electron chi connectivity index (χ0n) is 23.9. The van der Waals surface area contributed by atoms with Crippen molar-refractivity contribution in [3.05, 3.63) is 89.5 Å². The van der Waals surface area contributed by atoms with E-state index in [1.165, 1.54) is 29.0 Å². The number of fused-ring (bicyclic) bond motifs is 1. The summed E-state index contributed by atoms with van der Waals surface area (Å²) < 4.78 is 42.6. The van der Waals surface area contributed by atoms with Gasteiger partial charge in [-0.25, -0.2) is 9.78 Å². The van der Waals surface area contributed by atoms with Crippen LogP contribution in [-0.2, 0) is 11.3 Å². The number of hydrogen-bond acceptors (Lipinski definition) is 6. The molecule has 234 valence electrons. The van der Waals surface area contributed by atoms with Crippen molar-refractivity contribution in [3.8, 4) is 5.75 Å². The quantitative estimate of drug-likeness (QED) is 0.165. The molecule has 0 aliphatic heterocycles. The lowest BCUT2D eigenvalue weighted by molar-refractivity contribution is -0.274. The largest absolute Gasteiger partial charge is 0.573 e. The predicted molar refractivity (Wildman–Crippen MR) is 165 cm³/mol. The van der Waals surface area contributed by atoms with Crippen molar-refractivity contribution < 1.29 is 37.4 Å². The van der Waals surface area contributed by atoms with Crippen LogP contribution in [0.5, 0.6) is 5.75 Å². The van der Waals surface area contributed by atoms with E-state index < -0.39 is 30.0 Å². The van der Waals surface area contributed by atoms with Crippen molar-refractivity contribution in [1.82, 2.24) is 10.3 Å². The van der Waals surface area contributed by atoms with Crippen molar-refractivity contribution >= 4 is 55.9 Å². The Balaban J connectivity index is 1.36. The molecule has 0 unspecified atom stereocenters. The van der Waals surface area contributed by atoms with Crippen LogP contribution in [0.2, 0.25) is 0 Å². The molecule has 45 heavy (non-hydrogen) atoms. The molecule has 0 spiro atoms. The number of aliphatic carboxylic acids is 1. The molecule has 0 bridgehead atoms. The summed E-state index contributed by atoms with van der Waals surface area (Å²) in [6.45, 7) is 0.127. The second-order valence-electron chi connectivity index (χ2n) is 10.3. The van der Waals surface area contributed by atoms with Crippen LogP contribution in [0.4, 0.5) is 28.8 Å². The number of carboxylic acid groups (broad SMARTS) is 1. The maximum Gasteiger partial charge on any atom is 0.573 e. The molecule has 0 fully saturated rings. The molecule has 1 aliphatic rings. The number of aromatic nitrogens is 1. The number of alkyl halides is 3. The first kappa shape index (κ1) is 31.5. The average Bonchev–Trinajstić information content (AvgIpc) is 3.41. The maximum atomic E-state index is 13.7. The minimum atomic E-state index is -4.84. The first-order valence-electron chi connectivity index (χ1n) is 14.2. The van der Waals surface area contributed by atoms with Crippen LogP contribution in [0.3, 0.4) is 0 Å². The Morgan fingerprint density at radius 2 is 1.76 bits per heavy atom. The molecule has 1 aliphatic carbocycles. The monoisotopic (exact) mass is 638 g/mol. The van der Waals surface area contributed by atoms with Crippen molar-refractivity contribution in [2.75, 3.05) is 16.8 Å². The standard InChI is InChI=1S/C32H29F3N4O5S/c33-32(34,35)44-25-14-15-27-26(18-25)37-30(45-27)38-31(43)39(24-12-10-22(11-13-24)21-4-2-1-3-5-21)19-20-6-8-23(9-7-20)29(42)36-17-16-28(40)41/h4,6-15,18H,1-3,5,16-17,19H2,(H,36,42)(H,40,41)(H,37,38,43). The lowest BCUT2D eigenvalue weighted by atomic mass is 9.93. The number of anilines is 2. The minimum Gasteiger partial charge on any atom is -0.481 e. The fourth-order valence-electron chi connectivity index (χ4n) is 4.88. The molecule has 9 nitrogen and oxygen atoms in total. The van der Waals surface area contributed by atoms with E-state index in [1.54, 1.807) is 24.3 Å². The Bertz CT molecular complexity index is 1720. The van der Waals surface area contributed by atoms with Gasteiger partial charge in [0.05, 0.1) is 23.2 Å². The number of nitrogens with zero attached hydrogens (tertiary/aromatic N) is 2. The topological polar surface area (TPSA) is 121 Å². The van der Waals surface area contributed by atoms with Crippen LogP contribution >= 0.6 is 11.3 Å². The van der Waals surface area contributed by atoms with Crippen molar-refractivity contribution in [2.24, 2.45) is 0 Å². The molecular weight excluding hydrogens is 609 g/mol. The highest BCUT2D eigenvalue weighted by atomic mass is 32.1. The number of carbonyl (C=O) groups is 3. The molecule has 0 saturated heterocycles. The third-order valence-electron chi connectivity index (χ3n) is 7.07. The molecule has 0 radical (unpaired) electrons. The first-order chi connectivity index (χ1) is 21.5. The summed E-state index contributed by atoms with van der Waals surface area (Å²) in [6.07, 6.45) is 1.52. The van der Waals surface area contributed by atoms with E-state index in [0.717, 1.165) is 42.2 Å². The number of amides is 3. The Kier molecular flexibility index (Phi) is 9.67. The molecule has 0 atom stereocenters. The molecule has 3 N–H and O–H groups in total. The lowest BCUT2D eigenvalue weighted by Crippen LogP contribution is -2.34. The highest BCUT2D eigenvalue weighted by Gasteiger charge is 2.31. The summed E-state index contributed by atoms with van der Waals surface area (Å²) in [5.41, 5.74) is 4.25. The molecule has 3 aromatic carbocycles. The Hall–Kier alpha value is -4.91. The minimum absolute atomic E-state index is 0.000796. The number of halogens is 3. The van der Waals surface area contributed by atoms with Gasteiger partial charge in [-0.2, -0.15) is 0 Å². The number of carbonyl (C=O) groups excluding carboxylic acids is 2. The summed E-state index contributed by atoms with van der Waals surface area (Å²) in [7, 11) is 0. The molecule has 13 heteroatoms. The van der Waals surface area contributed by atoms with Crippen molar-refractivity contribution in [3.63, 3.8) is 0 Å². The fourth-order valence-corrected chi connectivity index (χ4v) is 5.72. The SMILES string of the molecule is O=C(O)CCNC(=O)c1ccc(CN(C(=O)Nc2nc3cc(OC(F)(F)F)ccc3s2)c2ccc(C3=CCCCC3)cc2)cc1. The maximum absolute atomic E-state index is 13.7. The van der Waals surface area contributed by atoms with Crippen LogP contribution in [0.25, 0.3) is 15.8 Å². The van der Waals surface area contributed by atoms with Gasteiger partial charge in [0.15, 0.2) is 5.13 Å². The van der Waals surface area contributed by atoms with Gasteiger partial charge in [-0.3, -0.25) is 19.8 Å². The van der Waals surface area contributed by atoms with Gasteiger partial charge < -0.3 is 15.2 Å². The van der Waals surface area contributed by atoms with E-state index in [9.17, 15) is 27.6 Å². The zero-order chi connectivity index (χ0) is 32.0. The van der Waals surface area contributed by atoms with Crippen LogP contribution in [0.1, 0.15) is 53.6 Å². The molecule has 5 rings (SSSR count). The lowest BCUT2D eigenvalue weighted by Gasteiger charge is -2.23. The third-order valence-corrected chi connectivity index (χ3v) is 8.03. The fraction of sp³-hybridized carbons (Fsp3) is 0.250. The zero-order valence-corrected chi connectivity index (χ0v) is 24.7. The number of carboxylic acids is 1. The summed E-state index contributed by atoms with van der Waals surface area (Å²) in [5.74, 6) is -1.84. The number of ether oxygens (including phenoxy) is 1. The number of rotatable bonds is 10. The highest BCUT2D eigenvalue weighted by molar-refractivity contribution is 7.22. The number of hydrogen-bond donors (Lipinski definition) is 3. The number of thiazole rings is 1. The third kappa shape index (κ3) is 8.60. The van der Waals surface area contributed by atoms with Gasteiger partial charge in [-0.1, -0.05) is 41.7 Å². The number of urea groups is 1. The van der Waals surface area contributed by atoms with Gasteiger partial charge in [-0.05, 0) is 78.8 Å². The molecular formula is C32H29F3N4O5S. The highest BCUT2D eigenvalue weighted by Crippen LogP contribution is 2.32. The average molecular weight is 639 g/mol. The summed E-state index contributed by atoms with van der Waals surface area (Å²) in [5, 5.41) is 14.3. The summed E-state index contributed by atoms with van der Waals surface area (Å²) >= 11 is 1.11. The molecule has 4 aromatic rings. The number of nitrogens with one attached hydrogen (secondary N) is 2. The normalized spacial score (nSPS) is 13.2. The second kappa shape index (κ2) is 13.8. The van der Waals surface area contributed by atoms with Gasteiger partial charge >= 0.3 is 18.4 Å². The predicted octanol–water partition coefficient (Wildman–Crippen LogP) is 7.60. The van der Waals surface area contributed by atoms with E-state index in [2.05, 4.69) is 26.4 Å². The van der Waals surface area contributed by atoms with E-state index >= 15 is 0 Å². The van der Waals surface area contributed by atoms with E-state index in [1.807, 2.05) is 24.3 Å². The van der Waals surface area contributed by atoms with E-state index in [4.69, 9.17) is 5.11 Å². The summed E-state index contributed by atoms with van der Waals surface area (Å²) in [4.78, 5) is 42.5. The van der Waals surface area contributed by atoms with Gasteiger partial charge in [-0.15, -0.1) is 13.2 Å². The number of allylic oxidation sites excluding steroid dienone is 2. The van der Waals surface area contributed by atoms with E-state index in [-0.39, 0.29) is 30.2 Å².